The van der Waals surface area contributed by atoms with Gasteiger partial charge in [-0.2, -0.15) is 0 Å². The Bertz CT molecular complexity index is 1060. The molecular formula is C21H20BrN5O3S. The maximum atomic E-state index is 12.1. The lowest BCUT2D eigenvalue weighted by molar-refractivity contribution is -0.116. The Labute approximate surface area is 191 Å². The first kappa shape index (κ1) is 22.6. The molecule has 2 aromatic carbocycles. The molecule has 0 spiro atoms. The first-order valence-corrected chi connectivity index (χ1v) is 11.1. The van der Waals surface area contributed by atoms with Crippen molar-refractivity contribution in [1.29, 1.82) is 0 Å². The summed E-state index contributed by atoms with van der Waals surface area (Å²) in [4.78, 5) is 36.1. The van der Waals surface area contributed by atoms with Crippen molar-refractivity contribution in [3.8, 4) is 0 Å². The minimum absolute atomic E-state index is 0.121. The average Bonchev–Trinajstić information content (AvgIpc) is 3.21. The number of benzene rings is 2. The SMILES string of the molecule is O=C(CCNC(=O)c1ccccc1)Nc1nnc(CCNC(=O)c2cccc(Br)c2)s1. The van der Waals surface area contributed by atoms with Gasteiger partial charge in [0.2, 0.25) is 11.0 Å². The molecule has 0 aliphatic heterocycles. The fraction of sp³-hybridized carbons (Fsp3) is 0.190. The van der Waals surface area contributed by atoms with Gasteiger partial charge >= 0.3 is 0 Å². The van der Waals surface area contributed by atoms with E-state index in [1.807, 2.05) is 12.1 Å². The van der Waals surface area contributed by atoms with Crippen molar-refractivity contribution >= 4 is 50.1 Å². The number of nitrogens with zero attached hydrogens (tertiary/aromatic N) is 2. The van der Waals surface area contributed by atoms with Crippen LogP contribution in [-0.2, 0) is 11.2 Å². The van der Waals surface area contributed by atoms with Gasteiger partial charge in [0.15, 0.2) is 0 Å². The van der Waals surface area contributed by atoms with E-state index in [4.69, 9.17) is 0 Å². The predicted octanol–water partition coefficient (Wildman–Crippen LogP) is 3.03. The number of anilines is 1. The van der Waals surface area contributed by atoms with E-state index in [2.05, 4.69) is 42.1 Å². The Hall–Kier alpha value is -3.11. The van der Waals surface area contributed by atoms with Gasteiger partial charge in [-0.25, -0.2) is 0 Å². The van der Waals surface area contributed by atoms with Gasteiger partial charge in [-0.05, 0) is 30.3 Å². The van der Waals surface area contributed by atoms with Crippen molar-refractivity contribution in [2.24, 2.45) is 0 Å². The Morgan fingerprint density at radius 2 is 1.58 bits per heavy atom. The molecule has 3 aromatic rings. The minimum atomic E-state index is -0.265. The quantitative estimate of drug-likeness (QED) is 0.417. The third-order valence-electron chi connectivity index (χ3n) is 4.10. The molecule has 0 aliphatic rings. The molecule has 31 heavy (non-hydrogen) atoms. The summed E-state index contributed by atoms with van der Waals surface area (Å²) in [5.74, 6) is -0.660. The van der Waals surface area contributed by atoms with Crippen LogP contribution in [0.5, 0.6) is 0 Å². The van der Waals surface area contributed by atoms with Crippen LogP contribution in [0.15, 0.2) is 59.1 Å². The van der Waals surface area contributed by atoms with Crippen molar-refractivity contribution in [1.82, 2.24) is 20.8 Å². The molecule has 0 atom stereocenters. The van der Waals surface area contributed by atoms with Gasteiger partial charge < -0.3 is 16.0 Å². The summed E-state index contributed by atoms with van der Waals surface area (Å²) < 4.78 is 0.837. The van der Waals surface area contributed by atoms with Gasteiger partial charge in [0.05, 0.1) is 0 Å². The summed E-state index contributed by atoms with van der Waals surface area (Å²) in [5.41, 5.74) is 1.11. The molecule has 0 fully saturated rings. The number of aromatic nitrogens is 2. The van der Waals surface area contributed by atoms with E-state index in [1.165, 1.54) is 11.3 Å². The molecule has 1 heterocycles. The summed E-state index contributed by atoms with van der Waals surface area (Å²) in [7, 11) is 0. The third-order valence-corrected chi connectivity index (χ3v) is 5.49. The fourth-order valence-corrected chi connectivity index (χ4v) is 3.74. The van der Waals surface area contributed by atoms with Crippen LogP contribution < -0.4 is 16.0 Å². The molecule has 0 saturated carbocycles. The topological polar surface area (TPSA) is 113 Å². The van der Waals surface area contributed by atoms with Crippen LogP contribution in [0.3, 0.4) is 0 Å². The highest BCUT2D eigenvalue weighted by molar-refractivity contribution is 9.10. The highest BCUT2D eigenvalue weighted by Crippen LogP contribution is 2.16. The number of halogens is 1. The zero-order valence-electron chi connectivity index (χ0n) is 16.4. The van der Waals surface area contributed by atoms with E-state index in [9.17, 15) is 14.4 Å². The third kappa shape index (κ3) is 7.26. The normalized spacial score (nSPS) is 10.4. The number of carbonyl (C=O) groups excluding carboxylic acids is 3. The molecule has 0 unspecified atom stereocenters. The van der Waals surface area contributed by atoms with Gasteiger partial charge in [-0.3, -0.25) is 14.4 Å². The molecule has 10 heteroatoms. The van der Waals surface area contributed by atoms with E-state index in [-0.39, 0.29) is 30.7 Å². The summed E-state index contributed by atoms with van der Waals surface area (Å²) >= 11 is 4.59. The highest BCUT2D eigenvalue weighted by atomic mass is 79.9. The van der Waals surface area contributed by atoms with Crippen LogP contribution >= 0.6 is 27.3 Å². The molecule has 160 valence electrons. The fourth-order valence-electron chi connectivity index (χ4n) is 2.58. The molecule has 3 N–H and O–H groups in total. The second-order valence-corrected chi connectivity index (χ2v) is 8.42. The predicted molar refractivity (Wildman–Crippen MR) is 122 cm³/mol. The van der Waals surface area contributed by atoms with Gasteiger partial charge in [0, 0.05) is 41.5 Å². The monoisotopic (exact) mass is 501 g/mol. The van der Waals surface area contributed by atoms with Crippen molar-refractivity contribution in [2.75, 3.05) is 18.4 Å². The molecule has 3 rings (SSSR count). The van der Waals surface area contributed by atoms with E-state index < -0.39 is 0 Å². The maximum absolute atomic E-state index is 12.1. The number of nitrogens with one attached hydrogen (secondary N) is 3. The number of hydrogen-bond acceptors (Lipinski definition) is 6. The Morgan fingerprint density at radius 3 is 2.35 bits per heavy atom. The first-order valence-electron chi connectivity index (χ1n) is 9.50. The van der Waals surface area contributed by atoms with Crippen LogP contribution in [0, 0.1) is 0 Å². The summed E-state index contributed by atoms with van der Waals surface area (Å²) in [6, 6.07) is 15.9. The van der Waals surface area contributed by atoms with Crippen molar-refractivity contribution in [2.45, 2.75) is 12.8 Å². The highest BCUT2D eigenvalue weighted by Gasteiger charge is 2.11. The lowest BCUT2D eigenvalue weighted by Gasteiger charge is -2.05. The smallest absolute Gasteiger partial charge is 0.251 e. The minimum Gasteiger partial charge on any atom is -0.352 e. The van der Waals surface area contributed by atoms with Gasteiger partial charge in [-0.15, -0.1) is 10.2 Å². The van der Waals surface area contributed by atoms with Crippen LogP contribution in [0.2, 0.25) is 0 Å². The van der Waals surface area contributed by atoms with Crippen molar-refractivity contribution < 1.29 is 14.4 Å². The lowest BCUT2D eigenvalue weighted by atomic mass is 10.2. The zero-order chi connectivity index (χ0) is 22.1. The summed E-state index contributed by atoms with van der Waals surface area (Å²) in [6.45, 7) is 0.617. The Morgan fingerprint density at radius 1 is 0.871 bits per heavy atom. The molecule has 0 saturated heterocycles. The standard InChI is InChI=1S/C21H20BrN5O3S/c22-16-8-4-7-15(13-16)20(30)24-12-10-18-26-27-21(31-18)25-17(28)9-11-23-19(29)14-5-2-1-3-6-14/h1-8,13H,9-12H2,(H,23,29)(H,24,30)(H,25,27,28). The van der Waals surface area contributed by atoms with Crippen molar-refractivity contribution in [3.63, 3.8) is 0 Å². The van der Waals surface area contributed by atoms with Crippen LogP contribution in [0.1, 0.15) is 32.1 Å². The van der Waals surface area contributed by atoms with Gasteiger partial charge in [-0.1, -0.05) is 51.5 Å². The summed E-state index contributed by atoms with van der Waals surface area (Å²) in [6.07, 6.45) is 0.622. The molecule has 3 amide bonds. The number of rotatable bonds is 9. The van der Waals surface area contributed by atoms with Crippen LogP contribution in [0.4, 0.5) is 5.13 Å². The molecule has 0 aliphatic carbocycles. The largest absolute Gasteiger partial charge is 0.352 e. The second kappa shape index (κ2) is 11.3. The average molecular weight is 502 g/mol. The zero-order valence-corrected chi connectivity index (χ0v) is 18.8. The molecule has 0 radical (unpaired) electrons. The van der Waals surface area contributed by atoms with Crippen LogP contribution in [-0.4, -0.2) is 41.0 Å². The van der Waals surface area contributed by atoms with E-state index in [1.54, 1.807) is 42.5 Å². The molecule has 0 bridgehead atoms. The van der Waals surface area contributed by atoms with E-state index >= 15 is 0 Å². The molecule has 1 aromatic heterocycles. The second-order valence-electron chi connectivity index (χ2n) is 6.44. The molecule has 8 nitrogen and oxygen atoms in total. The Balaban J connectivity index is 1.36. The maximum Gasteiger partial charge on any atom is 0.251 e. The van der Waals surface area contributed by atoms with Gasteiger partial charge in [0.1, 0.15) is 5.01 Å². The number of carbonyl (C=O) groups is 3. The van der Waals surface area contributed by atoms with Crippen LogP contribution in [0.25, 0.3) is 0 Å². The van der Waals surface area contributed by atoms with E-state index in [0.29, 0.717) is 34.2 Å². The van der Waals surface area contributed by atoms with E-state index in [0.717, 1.165) is 4.47 Å². The lowest BCUT2D eigenvalue weighted by Crippen LogP contribution is -2.27. The van der Waals surface area contributed by atoms with Gasteiger partial charge in [0.25, 0.3) is 11.8 Å². The Kier molecular flexibility index (Phi) is 8.25. The first-order chi connectivity index (χ1) is 15.0. The molecular weight excluding hydrogens is 482 g/mol. The number of hydrogen-bond donors (Lipinski definition) is 3. The summed E-state index contributed by atoms with van der Waals surface area (Å²) in [5, 5.41) is 17.2. The van der Waals surface area contributed by atoms with Crippen molar-refractivity contribution in [3.05, 3.63) is 75.2 Å². The number of amides is 3.